The van der Waals surface area contributed by atoms with E-state index < -0.39 is 0 Å². The molecule has 0 amide bonds. The molecule has 0 unspecified atom stereocenters. The van der Waals surface area contributed by atoms with E-state index in [2.05, 4.69) is 32.1 Å². The van der Waals surface area contributed by atoms with Crippen LogP contribution in [0.15, 0.2) is 18.3 Å². The van der Waals surface area contributed by atoms with E-state index in [1.54, 1.807) is 29.7 Å². The second-order valence-corrected chi connectivity index (χ2v) is 8.46. The molecule has 0 radical (unpaired) electrons. The number of pyridine rings is 1. The Hall–Kier alpha value is -3.53. The van der Waals surface area contributed by atoms with Crippen molar-refractivity contribution in [2.45, 2.75) is 13.8 Å². The van der Waals surface area contributed by atoms with E-state index in [-0.39, 0.29) is 0 Å². The van der Waals surface area contributed by atoms with E-state index in [1.165, 1.54) is 18.4 Å². The van der Waals surface area contributed by atoms with Gasteiger partial charge in [0.05, 0.1) is 50.9 Å². The zero-order valence-corrected chi connectivity index (χ0v) is 17.4. The average Bonchev–Trinajstić information content (AvgIpc) is 3.41. The lowest BCUT2D eigenvalue weighted by atomic mass is 10.2. The van der Waals surface area contributed by atoms with E-state index in [0.717, 1.165) is 20.3 Å². The zero-order valence-electron chi connectivity index (χ0n) is 15.8. The summed E-state index contributed by atoms with van der Waals surface area (Å²) in [5, 5.41) is 19.7. The Bertz CT molecular complexity index is 1350. The fourth-order valence-electron chi connectivity index (χ4n) is 2.86. The van der Waals surface area contributed by atoms with E-state index in [9.17, 15) is 10.5 Å². The molecule has 0 spiro atoms. The maximum Gasteiger partial charge on any atom is 0.215 e. The van der Waals surface area contributed by atoms with Gasteiger partial charge in [0, 0.05) is 10.9 Å². The van der Waals surface area contributed by atoms with Crippen molar-refractivity contribution >= 4 is 45.4 Å². The number of fused-ring (bicyclic) bond motifs is 1. The number of thiophene rings is 1. The summed E-state index contributed by atoms with van der Waals surface area (Å²) >= 11 is 3.03. The summed E-state index contributed by atoms with van der Waals surface area (Å²) in [6.45, 7) is 3.88. The number of hydrogen-bond donors (Lipinski definition) is 1. The second kappa shape index (κ2) is 7.47. The van der Waals surface area contributed by atoms with Crippen LogP contribution in [-0.2, 0) is 0 Å². The van der Waals surface area contributed by atoms with Crippen molar-refractivity contribution < 1.29 is 4.74 Å². The molecule has 4 aromatic rings. The number of allylic oxidation sites excluding steroid dienone is 1. The Morgan fingerprint density at radius 1 is 1.17 bits per heavy atom. The van der Waals surface area contributed by atoms with Gasteiger partial charge in [-0.05, 0) is 26.0 Å². The number of thiazole rings is 1. The molecule has 142 valence electrons. The molecule has 0 aromatic carbocycles. The van der Waals surface area contributed by atoms with Crippen LogP contribution in [-0.4, -0.2) is 27.0 Å². The molecule has 7 nitrogen and oxygen atoms in total. The Morgan fingerprint density at radius 3 is 2.72 bits per heavy atom. The third kappa shape index (κ3) is 3.49. The predicted molar refractivity (Wildman–Crippen MR) is 114 cm³/mol. The first-order valence-corrected chi connectivity index (χ1v) is 10.2. The van der Waals surface area contributed by atoms with Crippen molar-refractivity contribution in [2.24, 2.45) is 0 Å². The van der Waals surface area contributed by atoms with Gasteiger partial charge in [-0.1, -0.05) is 0 Å². The molecule has 0 aliphatic rings. The third-order valence-corrected chi connectivity index (χ3v) is 6.51. The molecule has 0 bridgehead atoms. The molecule has 4 aromatic heterocycles. The molecule has 1 N–H and O–H groups in total. The lowest BCUT2D eigenvalue weighted by Crippen LogP contribution is -1.85. The van der Waals surface area contributed by atoms with Gasteiger partial charge in [0.15, 0.2) is 0 Å². The molecule has 0 aliphatic heterocycles. The van der Waals surface area contributed by atoms with Crippen LogP contribution in [0.1, 0.15) is 27.0 Å². The van der Waals surface area contributed by atoms with Crippen LogP contribution >= 0.6 is 22.7 Å². The first kappa shape index (κ1) is 18.8. The van der Waals surface area contributed by atoms with Gasteiger partial charge in [-0.15, -0.1) is 22.7 Å². The van der Waals surface area contributed by atoms with Gasteiger partial charge < -0.3 is 9.72 Å². The fourth-order valence-corrected chi connectivity index (χ4v) is 5.03. The summed E-state index contributed by atoms with van der Waals surface area (Å²) in [6, 6.07) is 8.02. The van der Waals surface area contributed by atoms with Gasteiger partial charge in [0.25, 0.3) is 0 Å². The molecule has 0 atom stereocenters. The van der Waals surface area contributed by atoms with Gasteiger partial charge in [-0.2, -0.15) is 10.5 Å². The topological polar surface area (TPSA) is 111 Å². The number of nitrogens with one attached hydrogen (secondary N) is 1. The molecule has 4 rings (SSSR count). The van der Waals surface area contributed by atoms with Gasteiger partial charge >= 0.3 is 0 Å². The van der Waals surface area contributed by atoms with Crippen LogP contribution in [0.3, 0.4) is 0 Å². The number of methoxy groups -OCH3 is 1. The van der Waals surface area contributed by atoms with E-state index in [0.29, 0.717) is 38.9 Å². The first-order valence-electron chi connectivity index (χ1n) is 8.52. The molecule has 9 heteroatoms. The van der Waals surface area contributed by atoms with Gasteiger partial charge in [0.2, 0.25) is 5.88 Å². The number of aromatic amines is 1. The van der Waals surface area contributed by atoms with Gasteiger partial charge in [-0.25, -0.2) is 15.0 Å². The minimum Gasteiger partial charge on any atom is -0.481 e. The summed E-state index contributed by atoms with van der Waals surface area (Å²) < 4.78 is 5.12. The predicted octanol–water partition coefficient (Wildman–Crippen LogP) is 4.70. The average molecular weight is 419 g/mol. The molecule has 0 saturated heterocycles. The maximum absolute atomic E-state index is 9.66. The van der Waals surface area contributed by atoms with Gasteiger partial charge in [0.1, 0.15) is 23.0 Å². The van der Waals surface area contributed by atoms with Crippen molar-refractivity contribution in [3.05, 3.63) is 45.3 Å². The van der Waals surface area contributed by atoms with E-state index in [1.807, 2.05) is 19.9 Å². The minimum absolute atomic E-state index is 0.364. The summed E-state index contributed by atoms with van der Waals surface area (Å²) in [7, 11) is 1.54. The van der Waals surface area contributed by atoms with Crippen molar-refractivity contribution in [3.8, 4) is 27.8 Å². The number of ether oxygens (including phenoxy) is 1. The number of rotatable bonds is 4. The maximum atomic E-state index is 9.66. The lowest BCUT2D eigenvalue weighted by Gasteiger charge is -1.95. The fraction of sp³-hybridized carbons (Fsp3) is 0.150. The van der Waals surface area contributed by atoms with Crippen LogP contribution in [0, 0.1) is 36.5 Å². The van der Waals surface area contributed by atoms with Crippen LogP contribution < -0.4 is 4.74 Å². The normalized spacial score (nSPS) is 11.4. The number of aromatic nitrogens is 4. The number of nitriles is 2. The van der Waals surface area contributed by atoms with E-state index in [4.69, 9.17) is 4.74 Å². The van der Waals surface area contributed by atoms with Crippen molar-refractivity contribution in [3.63, 3.8) is 0 Å². The van der Waals surface area contributed by atoms with Crippen LogP contribution in [0.25, 0.3) is 32.4 Å². The highest BCUT2D eigenvalue weighted by Crippen LogP contribution is 2.38. The quantitative estimate of drug-likeness (QED) is 0.481. The highest BCUT2D eigenvalue weighted by molar-refractivity contribution is 7.22. The summed E-state index contributed by atoms with van der Waals surface area (Å²) in [5.41, 5.74) is 3.22. The van der Waals surface area contributed by atoms with Crippen LogP contribution in [0.4, 0.5) is 0 Å². The van der Waals surface area contributed by atoms with Crippen LogP contribution in [0.5, 0.6) is 5.88 Å². The monoisotopic (exact) mass is 418 g/mol. The highest BCUT2D eigenvalue weighted by atomic mass is 32.1. The Balaban J connectivity index is 1.75. The Morgan fingerprint density at radius 2 is 2.00 bits per heavy atom. The molecule has 4 heterocycles. The number of hydrogen-bond acceptors (Lipinski definition) is 8. The second-order valence-electron chi connectivity index (χ2n) is 6.18. The summed E-state index contributed by atoms with van der Waals surface area (Å²) in [4.78, 5) is 19.2. The molecule has 0 aliphatic carbocycles. The Kier molecular flexibility index (Phi) is 4.85. The zero-order chi connectivity index (χ0) is 20.5. The number of imidazole rings is 1. The van der Waals surface area contributed by atoms with Crippen molar-refractivity contribution in [2.75, 3.05) is 7.11 Å². The molecule has 29 heavy (non-hydrogen) atoms. The summed E-state index contributed by atoms with van der Waals surface area (Å²) in [6.07, 6.45) is 3.32. The van der Waals surface area contributed by atoms with Crippen molar-refractivity contribution in [1.29, 1.82) is 10.5 Å². The van der Waals surface area contributed by atoms with Gasteiger partial charge in [-0.3, -0.25) is 0 Å². The standard InChI is InChI=1S/C20H14N6OS2/c1-10-4-12(7-21)19(28-10)18-11(2)24-17(29-18)5-13(8-22)20-25-14-6-16(27-3)23-9-15(14)26-20/h4-6,9H,1-3H3,(H,25,26)/b13-5+. The molecule has 0 saturated carbocycles. The number of nitrogens with zero attached hydrogens (tertiary/aromatic N) is 5. The number of aryl methyl sites for hydroxylation is 2. The molecule has 0 fully saturated rings. The summed E-state index contributed by atoms with van der Waals surface area (Å²) in [5.74, 6) is 0.898. The van der Waals surface area contributed by atoms with Crippen molar-refractivity contribution in [1.82, 2.24) is 19.9 Å². The van der Waals surface area contributed by atoms with E-state index >= 15 is 0 Å². The highest BCUT2D eigenvalue weighted by Gasteiger charge is 2.17. The SMILES string of the molecule is COc1cc2nc(/C(C#N)=C/c3nc(C)c(-c4sc(C)cc4C#N)s3)[nH]c2cn1. The van der Waals surface area contributed by atoms with Crippen LogP contribution in [0.2, 0.25) is 0 Å². The Labute approximate surface area is 174 Å². The largest absolute Gasteiger partial charge is 0.481 e. The molecular formula is C20H14N6OS2. The molecular weight excluding hydrogens is 404 g/mol. The first-order chi connectivity index (χ1) is 14.0. The smallest absolute Gasteiger partial charge is 0.215 e. The lowest BCUT2D eigenvalue weighted by molar-refractivity contribution is 0.398. The minimum atomic E-state index is 0.364. The third-order valence-electron chi connectivity index (χ3n) is 4.19. The number of H-pyrrole nitrogens is 1.